The van der Waals surface area contributed by atoms with Crippen molar-refractivity contribution in [2.45, 2.75) is 6.54 Å². The van der Waals surface area contributed by atoms with Crippen LogP contribution >= 0.6 is 11.8 Å². The molecule has 5 heteroatoms. The van der Waals surface area contributed by atoms with Crippen molar-refractivity contribution in [1.29, 1.82) is 5.26 Å². The van der Waals surface area contributed by atoms with Crippen molar-refractivity contribution in [3.63, 3.8) is 0 Å². The lowest BCUT2D eigenvalue weighted by Gasteiger charge is -2.17. The van der Waals surface area contributed by atoms with Gasteiger partial charge in [0.25, 0.3) is 0 Å². The molecule has 0 amide bonds. The van der Waals surface area contributed by atoms with Crippen LogP contribution in [0.3, 0.4) is 0 Å². The maximum absolute atomic E-state index is 8.45. The Kier molecular flexibility index (Phi) is 4.08. The molecule has 0 bridgehead atoms. The first-order valence-corrected chi connectivity index (χ1v) is 5.23. The van der Waals surface area contributed by atoms with E-state index in [1.54, 1.807) is 18.7 Å². The SMILES string of the molecule is CSC(=NC#N)N(C)Cc1ccoc1. The fraction of sp³-hybridized carbons (Fsp3) is 0.333. The van der Waals surface area contributed by atoms with E-state index in [0.29, 0.717) is 11.7 Å². The Morgan fingerprint density at radius 3 is 3.07 bits per heavy atom. The zero-order valence-electron chi connectivity index (χ0n) is 8.10. The first-order chi connectivity index (χ1) is 6.77. The van der Waals surface area contributed by atoms with E-state index >= 15 is 0 Å². The number of rotatable bonds is 2. The van der Waals surface area contributed by atoms with Crippen molar-refractivity contribution >= 4 is 16.9 Å². The second-order valence-corrected chi connectivity index (χ2v) is 3.46. The number of hydrogen-bond acceptors (Lipinski definition) is 4. The molecule has 0 fully saturated rings. The average molecular weight is 209 g/mol. The molecule has 0 N–H and O–H groups in total. The second-order valence-electron chi connectivity index (χ2n) is 2.69. The summed E-state index contributed by atoms with van der Waals surface area (Å²) in [6, 6.07) is 1.89. The van der Waals surface area contributed by atoms with E-state index in [4.69, 9.17) is 9.68 Å². The van der Waals surface area contributed by atoms with Crippen molar-refractivity contribution < 1.29 is 4.42 Å². The van der Waals surface area contributed by atoms with Crippen LogP contribution in [0.2, 0.25) is 0 Å². The van der Waals surface area contributed by atoms with E-state index in [1.165, 1.54) is 11.8 Å². The van der Waals surface area contributed by atoms with Crippen LogP contribution in [0.5, 0.6) is 0 Å². The van der Waals surface area contributed by atoms with Crippen LogP contribution in [0.4, 0.5) is 0 Å². The van der Waals surface area contributed by atoms with E-state index in [2.05, 4.69) is 4.99 Å². The third-order valence-electron chi connectivity index (χ3n) is 1.65. The van der Waals surface area contributed by atoms with E-state index in [9.17, 15) is 0 Å². The van der Waals surface area contributed by atoms with Crippen LogP contribution in [0.1, 0.15) is 5.56 Å². The smallest absolute Gasteiger partial charge is 0.208 e. The summed E-state index contributed by atoms with van der Waals surface area (Å²) >= 11 is 1.45. The van der Waals surface area contributed by atoms with Crippen molar-refractivity contribution in [3.05, 3.63) is 24.2 Å². The molecule has 0 saturated heterocycles. The Morgan fingerprint density at radius 2 is 2.57 bits per heavy atom. The molecule has 1 aromatic heterocycles. The summed E-state index contributed by atoms with van der Waals surface area (Å²) in [7, 11) is 1.89. The van der Waals surface area contributed by atoms with E-state index in [-0.39, 0.29) is 0 Å². The van der Waals surface area contributed by atoms with Crippen molar-refractivity contribution in [2.24, 2.45) is 4.99 Å². The Hall–Kier alpha value is -1.41. The van der Waals surface area contributed by atoms with Gasteiger partial charge in [-0.15, -0.1) is 4.99 Å². The van der Waals surface area contributed by atoms with E-state index < -0.39 is 0 Å². The van der Waals surface area contributed by atoms with Gasteiger partial charge in [0.05, 0.1) is 12.5 Å². The fourth-order valence-corrected chi connectivity index (χ4v) is 1.56. The minimum absolute atomic E-state index is 0.692. The summed E-state index contributed by atoms with van der Waals surface area (Å²) in [5.41, 5.74) is 1.06. The monoisotopic (exact) mass is 209 g/mol. The maximum Gasteiger partial charge on any atom is 0.208 e. The third-order valence-corrected chi connectivity index (χ3v) is 2.42. The van der Waals surface area contributed by atoms with Gasteiger partial charge in [-0.05, 0) is 12.3 Å². The second kappa shape index (κ2) is 5.35. The normalized spacial score (nSPS) is 11.1. The van der Waals surface area contributed by atoms with Crippen molar-refractivity contribution in [3.8, 4) is 6.19 Å². The molecule has 1 aromatic rings. The van der Waals surface area contributed by atoms with Gasteiger partial charge in [0.15, 0.2) is 5.17 Å². The number of furan rings is 1. The Bertz CT molecular complexity index is 339. The van der Waals surface area contributed by atoms with Gasteiger partial charge in [-0.2, -0.15) is 5.26 Å². The minimum Gasteiger partial charge on any atom is -0.472 e. The van der Waals surface area contributed by atoms with Gasteiger partial charge in [-0.1, -0.05) is 11.8 Å². The summed E-state index contributed by atoms with van der Waals surface area (Å²) < 4.78 is 4.95. The molecular formula is C9H11N3OS. The summed E-state index contributed by atoms with van der Waals surface area (Å²) in [5, 5.41) is 9.15. The molecule has 0 spiro atoms. The van der Waals surface area contributed by atoms with Gasteiger partial charge < -0.3 is 9.32 Å². The standard InChI is InChI=1S/C9H11N3OS/c1-12(9(14-2)11-7-10)5-8-3-4-13-6-8/h3-4,6H,5H2,1-2H3. The van der Waals surface area contributed by atoms with Crippen LogP contribution in [0, 0.1) is 11.5 Å². The van der Waals surface area contributed by atoms with E-state index in [0.717, 1.165) is 5.56 Å². The Balaban J connectivity index is 2.62. The molecule has 1 heterocycles. The predicted molar refractivity (Wildman–Crippen MR) is 56.7 cm³/mol. The number of nitriles is 1. The highest BCUT2D eigenvalue weighted by atomic mass is 32.2. The number of thioether (sulfide) groups is 1. The van der Waals surface area contributed by atoms with Crippen LogP contribution in [0.15, 0.2) is 28.0 Å². The molecule has 0 saturated carbocycles. The molecule has 0 radical (unpaired) electrons. The number of nitrogens with zero attached hydrogens (tertiary/aromatic N) is 3. The molecule has 0 aliphatic carbocycles. The lowest BCUT2D eigenvalue weighted by molar-refractivity contribution is 0.500. The molecule has 14 heavy (non-hydrogen) atoms. The molecule has 0 aromatic carbocycles. The summed E-state index contributed by atoms with van der Waals surface area (Å²) in [4.78, 5) is 5.61. The summed E-state index contributed by atoms with van der Waals surface area (Å²) in [6.07, 6.45) is 6.98. The number of amidine groups is 1. The zero-order chi connectivity index (χ0) is 10.4. The molecule has 74 valence electrons. The molecule has 1 rings (SSSR count). The fourth-order valence-electron chi connectivity index (χ4n) is 1.05. The van der Waals surface area contributed by atoms with Gasteiger partial charge >= 0.3 is 0 Å². The topological polar surface area (TPSA) is 52.5 Å². The first-order valence-electron chi connectivity index (χ1n) is 4.01. The van der Waals surface area contributed by atoms with Crippen molar-refractivity contribution in [1.82, 2.24) is 4.90 Å². The van der Waals surface area contributed by atoms with Gasteiger partial charge in [0, 0.05) is 19.2 Å². The first kappa shape index (κ1) is 10.7. The van der Waals surface area contributed by atoms with Gasteiger partial charge in [-0.25, -0.2) is 0 Å². The zero-order valence-corrected chi connectivity index (χ0v) is 8.91. The van der Waals surface area contributed by atoms with E-state index in [1.807, 2.05) is 24.3 Å². The van der Waals surface area contributed by atoms with Crippen LogP contribution in [-0.4, -0.2) is 23.4 Å². The van der Waals surface area contributed by atoms with Gasteiger partial charge in [-0.3, -0.25) is 0 Å². The van der Waals surface area contributed by atoms with Crippen molar-refractivity contribution in [2.75, 3.05) is 13.3 Å². The molecule has 0 aliphatic rings. The van der Waals surface area contributed by atoms with Crippen LogP contribution < -0.4 is 0 Å². The predicted octanol–water partition coefficient (Wildman–Crippen LogP) is 1.91. The molecule has 0 aliphatic heterocycles. The molecule has 0 atom stereocenters. The Morgan fingerprint density at radius 1 is 1.79 bits per heavy atom. The largest absolute Gasteiger partial charge is 0.472 e. The average Bonchev–Trinajstić information content (AvgIpc) is 2.66. The molecule has 0 unspecified atom stereocenters. The van der Waals surface area contributed by atoms with Gasteiger partial charge in [0.1, 0.15) is 0 Å². The highest BCUT2D eigenvalue weighted by Crippen LogP contribution is 2.09. The Labute approximate surface area is 87.2 Å². The van der Waals surface area contributed by atoms with Crippen LogP contribution in [0.25, 0.3) is 0 Å². The maximum atomic E-state index is 8.45. The van der Waals surface area contributed by atoms with Crippen LogP contribution in [-0.2, 0) is 6.54 Å². The number of aliphatic imine (C=N–C) groups is 1. The minimum atomic E-state index is 0.692. The lowest BCUT2D eigenvalue weighted by atomic mass is 10.3. The third kappa shape index (κ3) is 2.82. The molecular weight excluding hydrogens is 198 g/mol. The highest BCUT2D eigenvalue weighted by Gasteiger charge is 2.06. The summed E-state index contributed by atoms with van der Waals surface area (Å²) in [6.45, 7) is 0.692. The lowest BCUT2D eigenvalue weighted by Crippen LogP contribution is -2.22. The summed E-state index contributed by atoms with van der Waals surface area (Å²) in [5.74, 6) is 0. The molecule has 4 nitrogen and oxygen atoms in total. The van der Waals surface area contributed by atoms with Gasteiger partial charge in [0.2, 0.25) is 6.19 Å². The quantitative estimate of drug-likeness (QED) is 0.424. The number of hydrogen-bond donors (Lipinski definition) is 0. The highest BCUT2D eigenvalue weighted by molar-refractivity contribution is 8.13.